The van der Waals surface area contributed by atoms with Gasteiger partial charge in [0.15, 0.2) is 0 Å². The van der Waals surface area contributed by atoms with Crippen LogP contribution in [0.15, 0.2) is 24.3 Å². The first-order chi connectivity index (χ1) is 8.15. The van der Waals surface area contributed by atoms with Crippen molar-refractivity contribution in [1.29, 1.82) is 0 Å². The minimum absolute atomic E-state index is 0.0262. The van der Waals surface area contributed by atoms with Crippen LogP contribution in [0.2, 0.25) is 0 Å². The predicted octanol–water partition coefficient (Wildman–Crippen LogP) is 3.57. The lowest BCUT2D eigenvalue weighted by Crippen LogP contribution is -2.26. The van der Waals surface area contributed by atoms with Crippen LogP contribution in [0.5, 0.6) is 0 Å². The summed E-state index contributed by atoms with van der Waals surface area (Å²) in [7, 11) is 0. The van der Waals surface area contributed by atoms with Gasteiger partial charge in [-0.15, -0.1) is 0 Å². The lowest BCUT2D eigenvalue weighted by atomic mass is 10.1. The fourth-order valence-electron chi connectivity index (χ4n) is 1.60. The summed E-state index contributed by atoms with van der Waals surface area (Å²) in [6, 6.07) is 6.23. The largest absolute Gasteiger partial charge is 0.349 e. The number of carbonyl (C=O) groups excluding carboxylic acids is 1. The molecule has 0 aromatic heterocycles. The second kappa shape index (κ2) is 7.43. The van der Waals surface area contributed by atoms with Crippen LogP contribution in [-0.4, -0.2) is 11.2 Å². The van der Waals surface area contributed by atoms with Crippen molar-refractivity contribution >= 4 is 21.8 Å². The Kier molecular flexibility index (Phi) is 6.19. The van der Waals surface area contributed by atoms with E-state index in [9.17, 15) is 9.18 Å². The van der Waals surface area contributed by atoms with Gasteiger partial charge >= 0.3 is 0 Å². The lowest BCUT2D eigenvalue weighted by molar-refractivity contribution is -0.121. The molecule has 1 aromatic carbocycles. The molecule has 1 unspecified atom stereocenters. The van der Waals surface area contributed by atoms with E-state index in [1.807, 2.05) is 0 Å². The number of rotatable bonds is 6. The van der Waals surface area contributed by atoms with E-state index in [1.54, 1.807) is 25.1 Å². The van der Waals surface area contributed by atoms with E-state index in [2.05, 4.69) is 21.2 Å². The maximum absolute atomic E-state index is 13.4. The number of amides is 1. The van der Waals surface area contributed by atoms with Crippen LogP contribution >= 0.6 is 15.9 Å². The molecule has 0 spiro atoms. The number of unbranched alkanes of at least 4 members (excludes halogenated alkanes) is 1. The molecule has 0 aliphatic carbocycles. The van der Waals surface area contributed by atoms with Crippen LogP contribution in [-0.2, 0) is 4.79 Å². The van der Waals surface area contributed by atoms with Crippen molar-refractivity contribution in [2.45, 2.75) is 32.2 Å². The Morgan fingerprint density at radius 2 is 2.12 bits per heavy atom. The highest BCUT2D eigenvalue weighted by molar-refractivity contribution is 9.09. The van der Waals surface area contributed by atoms with Gasteiger partial charge in [-0.25, -0.2) is 4.39 Å². The third-order valence-electron chi connectivity index (χ3n) is 2.54. The van der Waals surface area contributed by atoms with Crippen LogP contribution < -0.4 is 5.32 Å². The quantitative estimate of drug-likeness (QED) is 0.632. The molecule has 0 bridgehead atoms. The Labute approximate surface area is 110 Å². The van der Waals surface area contributed by atoms with E-state index in [1.165, 1.54) is 6.07 Å². The molecule has 0 aliphatic heterocycles. The Balaban J connectivity index is 2.46. The molecular formula is C13H17BrFNO. The molecule has 94 valence electrons. The molecule has 0 heterocycles. The van der Waals surface area contributed by atoms with Crippen molar-refractivity contribution in [2.75, 3.05) is 5.33 Å². The third-order valence-corrected chi connectivity index (χ3v) is 3.10. The van der Waals surface area contributed by atoms with Gasteiger partial charge < -0.3 is 5.32 Å². The van der Waals surface area contributed by atoms with Crippen molar-refractivity contribution in [3.05, 3.63) is 35.6 Å². The van der Waals surface area contributed by atoms with Gasteiger partial charge in [0.05, 0.1) is 6.04 Å². The van der Waals surface area contributed by atoms with Crippen molar-refractivity contribution in [3.63, 3.8) is 0 Å². The summed E-state index contributed by atoms with van der Waals surface area (Å²) in [4.78, 5) is 11.6. The van der Waals surface area contributed by atoms with Gasteiger partial charge in [0.2, 0.25) is 5.91 Å². The van der Waals surface area contributed by atoms with E-state index >= 15 is 0 Å². The average Bonchev–Trinajstić information content (AvgIpc) is 2.29. The Morgan fingerprint density at radius 1 is 1.41 bits per heavy atom. The zero-order valence-corrected chi connectivity index (χ0v) is 11.5. The van der Waals surface area contributed by atoms with Crippen LogP contribution in [0.25, 0.3) is 0 Å². The van der Waals surface area contributed by atoms with E-state index in [-0.39, 0.29) is 17.8 Å². The summed E-state index contributed by atoms with van der Waals surface area (Å²) in [5.74, 6) is -0.303. The highest BCUT2D eigenvalue weighted by Crippen LogP contribution is 2.16. The molecule has 0 radical (unpaired) electrons. The van der Waals surface area contributed by atoms with Crippen molar-refractivity contribution in [1.82, 2.24) is 5.32 Å². The second-order valence-corrected chi connectivity index (χ2v) is 4.75. The number of alkyl halides is 1. The summed E-state index contributed by atoms with van der Waals surface area (Å²) in [5, 5.41) is 3.71. The smallest absolute Gasteiger partial charge is 0.220 e. The number of carbonyl (C=O) groups is 1. The summed E-state index contributed by atoms with van der Waals surface area (Å²) < 4.78 is 13.4. The number of nitrogens with one attached hydrogen (secondary N) is 1. The van der Waals surface area contributed by atoms with Crippen LogP contribution in [0.1, 0.15) is 37.8 Å². The number of benzene rings is 1. The molecule has 0 aliphatic rings. The van der Waals surface area contributed by atoms with Crippen LogP contribution in [0, 0.1) is 5.82 Å². The first kappa shape index (κ1) is 14.2. The highest BCUT2D eigenvalue weighted by atomic mass is 79.9. The van der Waals surface area contributed by atoms with E-state index in [0.717, 1.165) is 18.2 Å². The summed E-state index contributed by atoms with van der Waals surface area (Å²) in [5.41, 5.74) is 0.529. The van der Waals surface area contributed by atoms with Gasteiger partial charge in [-0.1, -0.05) is 34.1 Å². The number of halogens is 2. The Bertz CT molecular complexity index is 370. The minimum atomic E-state index is -0.285. The zero-order valence-electron chi connectivity index (χ0n) is 9.88. The molecule has 2 nitrogen and oxygen atoms in total. The molecule has 1 atom stereocenters. The minimum Gasteiger partial charge on any atom is -0.349 e. The molecule has 1 aromatic rings. The monoisotopic (exact) mass is 301 g/mol. The van der Waals surface area contributed by atoms with Gasteiger partial charge in [-0.05, 0) is 25.8 Å². The third kappa shape index (κ3) is 4.86. The lowest BCUT2D eigenvalue weighted by Gasteiger charge is -2.14. The van der Waals surface area contributed by atoms with Crippen LogP contribution in [0.4, 0.5) is 4.39 Å². The summed E-state index contributed by atoms with van der Waals surface area (Å²) >= 11 is 3.32. The van der Waals surface area contributed by atoms with E-state index in [0.29, 0.717) is 12.0 Å². The molecule has 1 N–H and O–H groups in total. The normalized spacial score (nSPS) is 12.2. The Hall–Kier alpha value is -0.900. The standard InChI is InChI=1S/C13H17BrFNO/c1-10(11-6-2-3-7-12(11)15)16-13(17)8-4-5-9-14/h2-3,6-7,10H,4-5,8-9H2,1H3,(H,16,17). The van der Waals surface area contributed by atoms with Gasteiger partial charge in [-0.2, -0.15) is 0 Å². The first-order valence-electron chi connectivity index (χ1n) is 5.75. The topological polar surface area (TPSA) is 29.1 Å². The molecule has 1 amide bonds. The zero-order chi connectivity index (χ0) is 12.7. The van der Waals surface area contributed by atoms with E-state index < -0.39 is 0 Å². The van der Waals surface area contributed by atoms with Crippen molar-refractivity contribution in [2.24, 2.45) is 0 Å². The fourth-order valence-corrected chi connectivity index (χ4v) is 1.99. The predicted molar refractivity (Wildman–Crippen MR) is 70.6 cm³/mol. The average molecular weight is 302 g/mol. The summed E-state index contributed by atoms with van der Waals surface area (Å²) in [6.45, 7) is 1.79. The molecule has 1 rings (SSSR count). The molecule has 0 saturated heterocycles. The van der Waals surface area contributed by atoms with Gasteiger partial charge in [0, 0.05) is 17.3 Å². The molecule has 0 fully saturated rings. The SMILES string of the molecule is CC(NC(=O)CCCCBr)c1ccccc1F. The van der Waals surface area contributed by atoms with Crippen molar-refractivity contribution in [3.8, 4) is 0 Å². The van der Waals surface area contributed by atoms with Gasteiger partial charge in [-0.3, -0.25) is 4.79 Å². The van der Waals surface area contributed by atoms with Crippen molar-refractivity contribution < 1.29 is 9.18 Å². The maximum atomic E-state index is 13.4. The Morgan fingerprint density at radius 3 is 2.76 bits per heavy atom. The molecule has 0 saturated carbocycles. The maximum Gasteiger partial charge on any atom is 0.220 e. The number of hydrogen-bond acceptors (Lipinski definition) is 1. The molecule has 4 heteroatoms. The summed E-state index contributed by atoms with van der Waals surface area (Å²) in [6.07, 6.45) is 2.31. The fraction of sp³-hybridized carbons (Fsp3) is 0.462. The van der Waals surface area contributed by atoms with Gasteiger partial charge in [0.1, 0.15) is 5.82 Å². The van der Waals surface area contributed by atoms with Gasteiger partial charge in [0.25, 0.3) is 0 Å². The highest BCUT2D eigenvalue weighted by Gasteiger charge is 2.12. The first-order valence-corrected chi connectivity index (χ1v) is 6.87. The number of hydrogen-bond donors (Lipinski definition) is 1. The molecule has 17 heavy (non-hydrogen) atoms. The van der Waals surface area contributed by atoms with Crippen LogP contribution in [0.3, 0.4) is 0 Å². The second-order valence-electron chi connectivity index (χ2n) is 3.96. The molecular weight excluding hydrogens is 285 g/mol. The van der Waals surface area contributed by atoms with E-state index in [4.69, 9.17) is 0 Å².